The van der Waals surface area contributed by atoms with Crippen LogP contribution in [-0.4, -0.2) is 50.0 Å². The monoisotopic (exact) mass is 276 g/mol. The van der Waals surface area contributed by atoms with Crippen molar-refractivity contribution in [2.45, 2.75) is 44.8 Å². The zero-order valence-electron chi connectivity index (χ0n) is 12.0. The Morgan fingerprint density at radius 3 is 2.56 bits per heavy atom. The number of nitrogens with zero attached hydrogens (tertiary/aromatic N) is 1. The maximum absolute atomic E-state index is 12.1. The molecule has 0 aromatic heterocycles. The van der Waals surface area contributed by atoms with E-state index in [2.05, 4.69) is 4.90 Å². The lowest BCUT2D eigenvalue weighted by Crippen LogP contribution is -2.41. The lowest BCUT2D eigenvalue weighted by molar-refractivity contribution is 0.178. The van der Waals surface area contributed by atoms with E-state index >= 15 is 0 Å². The Hall–Kier alpha value is -0.130. The first-order valence-corrected chi connectivity index (χ1v) is 8.56. The Kier molecular flexibility index (Phi) is 5.62. The summed E-state index contributed by atoms with van der Waals surface area (Å²) in [5.74, 6) is 0.923. The highest BCUT2D eigenvalue weighted by Gasteiger charge is 2.29. The van der Waals surface area contributed by atoms with Crippen molar-refractivity contribution in [3.05, 3.63) is 0 Å². The van der Waals surface area contributed by atoms with Crippen molar-refractivity contribution < 1.29 is 8.42 Å². The average Bonchev–Trinajstić information content (AvgIpc) is 2.26. The Morgan fingerprint density at radius 2 is 2.00 bits per heavy atom. The topological polar surface area (TPSA) is 63.4 Å². The smallest absolute Gasteiger partial charge is 0.156 e. The average molecular weight is 276 g/mol. The maximum Gasteiger partial charge on any atom is 0.156 e. The standard InChI is InChI=1S/C13H28N2O2S/c1-13(2,3)18(16,17)10-9-15-8-4-5-12(11-15)6-7-14/h12H,4-11,14H2,1-3H3. The van der Waals surface area contributed by atoms with Crippen LogP contribution in [-0.2, 0) is 9.84 Å². The van der Waals surface area contributed by atoms with Gasteiger partial charge in [0.1, 0.15) is 0 Å². The summed E-state index contributed by atoms with van der Waals surface area (Å²) >= 11 is 0. The fourth-order valence-corrected chi connectivity index (χ4v) is 3.49. The molecule has 2 N–H and O–H groups in total. The van der Waals surface area contributed by atoms with Gasteiger partial charge in [0.2, 0.25) is 0 Å². The summed E-state index contributed by atoms with van der Waals surface area (Å²) in [6.45, 7) is 8.76. The van der Waals surface area contributed by atoms with E-state index in [0.717, 1.165) is 26.1 Å². The summed E-state index contributed by atoms with van der Waals surface area (Å²) < 4.78 is 23.5. The van der Waals surface area contributed by atoms with Gasteiger partial charge in [0, 0.05) is 13.1 Å². The third kappa shape index (κ3) is 4.52. The summed E-state index contributed by atoms with van der Waals surface area (Å²) in [4.78, 5) is 2.28. The Balaban J connectivity index is 2.44. The molecule has 1 fully saturated rings. The van der Waals surface area contributed by atoms with E-state index in [0.29, 0.717) is 12.5 Å². The van der Waals surface area contributed by atoms with Crippen LogP contribution in [0.3, 0.4) is 0 Å². The van der Waals surface area contributed by atoms with E-state index in [1.54, 1.807) is 20.8 Å². The van der Waals surface area contributed by atoms with Gasteiger partial charge in [-0.05, 0) is 59.0 Å². The molecule has 0 aliphatic carbocycles. The maximum atomic E-state index is 12.1. The first-order valence-electron chi connectivity index (χ1n) is 6.91. The number of sulfone groups is 1. The molecule has 108 valence electrons. The zero-order chi connectivity index (χ0) is 13.8. The van der Waals surface area contributed by atoms with Crippen molar-refractivity contribution in [2.75, 3.05) is 31.9 Å². The van der Waals surface area contributed by atoms with Crippen LogP contribution >= 0.6 is 0 Å². The molecule has 1 saturated heterocycles. The summed E-state index contributed by atoms with van der Waals surface area (Å²) in [5, 5.41) is 0. The molecule has 0 aromatic carbocycles. The first kappa shape index (κ1) is 15.9. The highest BCUT2D eigenvalue weighted by molar-refractivity contribution is 7.92. The molecule has 0 amide bonds. The number of piperidine rings is 1. The van der Waals surface area contributed by atoms with Gasteiger partial charge in [0.25, 0.3) is 0 Å². The molecule has 1 aliphatic rings. The van der Waals surface area contributed by atoms with Crippen molar-refractivity contribution in [1.82, 2.24) is 4.90 Å². The van der Waals surface area contributed by atoms with E-state index in [4.69, 9.17) is 5.73 Å². The largest absolute Gasteiger partial charge is 0.330 e. The molecule has 0 saturated carbocycles. The second-order valence-electron chi connectivity index (χ2n) is 6.32. The first-order chi connectivity index (χ1) is 8.26. The van der Waals surface area contributed by atoms with Crippen LogP contribution in [0, 0.1) is 5.92 Å². The zero-order valence-corrected chi connectivity index (χ0v) is 12.8. The molecule has 1 unspecified atom stereocenters. The van der Waals surface area contributed by atoms with E-state index in [1.807, 2.05) is 0 Å². The molecule has 5 heteroatoms. The molecule has 1 heterocycles. The molecule has 0 aromatic rings. The highest BCUT2D eigenvalue weighted by Crippen LogP contribution is 2.20. The minimum absolute atomic E-state index is 0.270. The summed E-state index contributed by atoms with van der Waals surface area (Å²) in [6, 6.07) is 0. The number of hydrogen-bond acceptors (Lipinski definition) is 4. The van der Waals surface area contributed by atoms with E-state index < -0.39 is 14.6 Å². The number of nitrogens with two attached hydrogens (primary N) is 1. The van der Waals surface area contributed by atoms with Crippen LogP contribution in [0.4, 0.5) is 0 Å². The van der Waals surface area contributed by atoms with Gasteiger partial charge in [0.15, 0.2) is 9.84 Å². The van der Waals surface area contributed by atoms with Gasteiger partial charge in [-0.3, -0.25) is 0 Å². The van der Waals surface area contributed by atoms with Crippen LogP contribution in [0.5, 0.6) is 0 Å². The number of likely N-dealkylation sites (tertiary alicyclic amines) is 1. The summed E-state index contributed by atoms with van der Waals surface area (Å²) in [7, 11) is -2.99. The van der Waals surface area contributed by atoms with E-state index in [-0.39, 0.29) is 5.75 Å². The minimum Gasteiger partial charge on any atom is -0.330 e. The molecular weight excluding hydrogens is 248 g/mol. The van der Waals surface area contributed by atoms with E-state index in [1.165, 1.54) is 12.8 Å². The molecule has 18 heavy (non-hydrogen) atoms. The lowest BCUT2D eigenvalue weighted by atomic mass is 9.95. The molecule has 0 radical (unpaired) electrons. The fourth-order valence-electron chi connectivity index (χ4n) is 2.38. The van der Waals surface area contributed by atoms with Crippen molar-refractivity contribution in [3.8, 4) is 0 Å². The SMILES string of the molecule is CC(C)(C)S(=O)(=O)CCN1CCCC(CCN)C1. The Morgan fingerprint density at radius 1 is 1.33 bits per heavy atom. The van der Waals surface area contributed by atoms with Gasteiger partial charge in [-0.1, -0.05) is 0 Å². The molecule has 4 nitrogen and oxygen atoms in total. The van der Waals surface area contributed by atoms with Crippen molar-refractivity contribution in [1.29, 1.82) is 0 Å². The second-order valence-corrected chi connectivity index (χ2v) is 9.18. The molecule has 0 bridgehead atoms. The molecule has 1 aliphatic heterocycles. The third-order valence-corrected chi connectivity index (χ3v) is 6.37. The van der Waals surface area contributed by atoms with Crippen molar-refractivity contribution in [2.24, 2.45) is 11.7 Å². The van der Waals surface area contributed by atoms with Crippen molar-refractivity contribution >= 4 is 9.84 Å². The van der Waals surface area contributed by atoms with Gasteiger partial charge in [-0.15, -0.1) is 0 Å². The second kappa shape index (κ2) is 6.35. The van der Waals surface area contributed by atoms with Gasteiger partial charge >= 0.3 is 0 Å². The van der Waals surface area contributed by atoms with Crippen LogP contribution < -0.4 is 5.73 Å². The van der Waals surface area contributed by atoms with E-state index in [9.17, 15) is 8.42 Å². The molecule has 1 atom stereocenters. The Labute approximate surface area is 112 Å². The Bertz CT molecular complexity index is 344. The van der Waals surface area contributed by atoms with Gasteiger partial charge < -0.3 is 10.6 Å². The molecular formula is C13H28N2O2S. The van der Waals surface area contributed by atoms with Crippen molar-refractivity contribution in [3.63, 3.8) is 0 Å². The van der Waals surface area contributed by atoms with Gasteiger partial charge in [-0.2, -0.15) is 0 Å². The number of rotatable bonds is 5. The summed E-state index contributed by atoms with van der Waals surface area (Å²) in [5.41, 5.74) is 5.59. The number of hydrogen-bond donors (Lipinski definition) is 1. The normalized spacial score (nSPS) is 23.2. The minimum atomic E-state index is -2.99. The third-order valence-electron chi connectivity index (χ3n) is 3.79. The lowest BCUT2D eigenvalue weighted by Gasteiger charge is -2.33. The quantitative estimate of drug-likeness (QED) is 0.821. The van der Waals surface area contributed by atoms with Crippen LogP contribution in [0.2, 0.25) is 0 Å². The highest BCUT2D eigenvalue weighted by atomic mass is 32.2. The van der Waals surface area contributed by atoms with Gasteiger partial charge in [0.05, 0.1) is 10.5 Å². The van der Waals surface area contributed by atoms with Crippen LogP contribution in [0.1, 0.15) is 40.0 Å². The predicted molar refractivity (Wildman–Crippen MR) is 76.4 cm³/mol. The predicted octanol–water partition coefficient (Wildman–Crippen LogP) is 1.26. The van der Waals surface area contributed by atoms with Crippen LogP contribution in [0.25, 0.3) is 0 Å². The molecule has 1 rings (SSSR count). The summed E-state index contributed by atoms with van der Waals surface area (Å²) in [6.07, 6.45) is 3.46. The molecule has 0 spiro atoms. The van der Waals surface area contributed by atoms with Crippen LogP contribution in [0.15, 0.2) is 0 Å². The fraction of sp³-hybridized carbons (Fsp3) is 1.00. The van der Waals surface area contributed by atoms with Gasteiger partial charge in [-0.25, -0.2) is 8.42 Å².